The van der Waals surface area contributed by atoms with E-state index in [1.54, 1.807) is 0 Å². The Bertz CT molecular complexity index is 650. The van der Waals surface area contributed by atoms with Crippen molar-refractivity contribution < 1.29 is 4.79 Å². The molecule has 0 radical (unpaired) electrons. The smallest absolute Gasteiger partial charge is 0.222 e. The first-order valence-electron chi connectivity index (χ1n) is 8.22. The number of benzene rings is 2. The number of rotatable bonds is 7. The van der Waals surface area contributed by atoms with Crippen LogP contribution in [0.25, 0.3) is 0 Å². The molecule has 3 heteroatoms. The van der Waals surface area contributed by atoms with Crippen molar-refractivity contribution in [3.63, 3.8) is 0 Å². The van der Waals surface area contributed by atoms with Crippen LogP contribution in [-0.4, -0.2) is 12.5 Å². The third kappa shape index (κ3) is 5.13. The molecule has 0 fully saturated rings. The maximum Gasteiger partial charge on any atom is 0.222 e. The average molecular weight is 310 g/mol. The molecule has 2 N–H and O–H groups in total. The Morgan fingerprint density at radius 1 is 1.04 bits per heavy atom. The van der Waals surface area contributed by atoms with Crippen molar-refractivity contribution in [3.05, 3.63) is 65.2 Å². The standard InChI is InChI=1S/C20H26N2O/c1-15(2)18-10-6-7-11-19(18)21-13-12-20(23)22-14-17-9-5-4-8-16(17)3/h4-11,15,21H,12-14H2,1-3H3,(H,22,23). The molecule has 0 aliphatic carbocycles. The molecule has 0 saturated carbocycles. The first kappa shape index (κ1) is 17.1. The second-order valence-electron chi connectivity index (χ2n) is 6.12. The summed E-state index contributed by atoms with van der Waals surface area (Å²) in [6, 6.07) is 16.4. The van der Waals surface area contributed by atoms with Crippen LogP contribution in [0, 0.1) is 6.92 Å². The van der Waals surface area contributed by atoms with Crippen molar-refractivity contribution in [2.24, 2.45) is 0 Å². The van der Waals surface area contributed by atoms with Crippen LogP contribution in [0.15, 0.2) is 48.5 Å². The Kier molecular flexibility index (Phi) is 6.21. The van der Waals surface area contributed by atoms with E-state index in [-0.39, 0.29) is 5.91 Å². The third-order valence-corrected chi connectivity index (χ3v) is 3.99. The van der Waals surface area contributed by atoms with Crippen molar-refractivity contribution >= 4 is 11.6 Å². The third-order valence-electron chi connectivity index (χ3n) is 3.99. The summed E-state index contributed by atoms with van der Waals surface area (Å²) in [5.74, 6) is 0.538. The Morgan fingerprint density at radius 2 is 1.74 bits per heavy atom. The molecular weight excluding hydrogens is 284 g/mol. The van der Waals surface area contributed by atoms with Gasteiger partial charge >= 0.3 is 0 Å². The number of para-hydroxylation sites is 1. The predicted octanol–water partition coefficient (Wildman–Crippen LogP) is 4.24. The number of carbonyl (C=O) groups excluding carboxylic acids is 1. The van der Waals surface area contributed by atoms with Gasteiger partial charge in [0.15, 0.2) is 0 Å². The van der Waals surface area contributed by atoms with Gasteiger partial charge in [0.2, 0.25) is 5.91 Å². The van der Waals surface area contributed by atoms with Gasteiger partial charge in [0.1, 0.15) is 0 Å². The van der Waals surface area contributed by atoms with Gasteiger partial charge in [0, 0.05) is 25.2 Å². The van der Waals surface area contributed by atoms with E-state index in [1.807, 2.05) is 24.3 Å². The fourth-order valence-electron chi connectivity index (χ4n) is 2.56. The van der Waals surface area contributed by atoms with E-state index in [0.717, 1.165) is 5.69 Å². The summed E-state index contributed by atoms with van der Waals surface area (Å²) in [5, 5.41) is 6.36. The largest absolute Gasteiger partial charge is 0.384 e. The van der Waals surface area contributed by atoms with Crippen LogP contribution in [0.2, 0.25) is 0 Å². The lowest BCUT2D eigenvalue weighted by molar-refractivity contribution is -0.121. The highest BCUT2D eigenvalue weighted by atomic mass is 16.1. The maximum absolute atomic E-state index is 12.0. The molecule has 0 unspecified atom stereocenters. The van der Waals surface area contributed by atoms with E-state index >= 15 is 0 Å². The minimum absolute atomic E-state index is 0.0720. The number of anilines is 1. The number of carbonyl (C=O) groups is 1. The summed E-state index contributed by atoms with van der Waals surface area (Å²) >= 11 is 0. The number of amides is 1. The molecular formula is C20H26N2O. The van der Waals surface area contributed by atoms with Gasteiger partial charge in [0.05, 0.1) is 0 Å². The van der Waals surface area contributed by atoms with Crippen molar-refractivity contribution in [2.75, 3.05) is 11.9 Å². The quantitative estimate of drug-likeness (QED) is 0.803. The van der Waals surface area contributed by atoms with Crippen molar-refractivity contribution in [3.8, 4) is 0 Å². The summed E-state index contributed by atoms with van der Waals surface area (Å²) in [6.45, 7) is 7.65. The van der Waals surface area contributed by atoms with Crippen LogP contribution in [-0.2, 0) is 11.3 Å². The zero-order valence-electron chi connectivity index (χ0n) is 14.2. The monoisotopic (exact) mass is 310 g/mol. The molecule has 0 bridgehead atoms. The highest BCUT2D eigenvalue weighted by Crippen LogP contribution is 2.23. The average Bonchev–Trinajstić information content (AvgIpc) is 2.54. The van der Waals surface area contributed by atoms with E-state index in [4.69, 9.17) is 0 Å². The van der Waals surface area contributed by atoms with Gasteiger partial charge in [-0.2, -0.15) is 0 Å². The molecule has 0 saturated heterocycles. The molecule has 0 aromatic heterocycles. The van der Waals surface area contributed by atoms with Crippen LogP contribution in [0.1, 0.15) is 42.9 Å². The normalized spacial score (nSPS) is 10.6. The highest BCUT2D eigenvalue weighted by Gasteiger charge is 2.06. The summed E-state index contributed by atoms with van der Waals surface area (Å²) in [6.07, 6.45) is 0.471. The van der Waals surface area contributed by atoms with Crippen LogP contribution in [0.3, 0.4) is 0 Å². The number of hydrogen-bond acceptors (Lipinski definition) is 2. The van der Waals surface area contributed by atoms with E-state index in [9.17, 15) is 4.79 Å². The SMILES string of the molecule is Cc1ccccc1CNC(=O)CCNc1ccccc1C(C)C. The lowest BCUT2D eigenvalue weighted by Gasteiger charge is -2.14. The molecule has 0 heterocycles. The molecule has 23 heavy (non-hydrogen) atoms. The van der Waals surface area contributed by atoms with Crippen LogP contribution >= 0.6 is 0 Å². The van der Waals surface area contributed by atoms with E-state index in [0.29, 0.717) is 25.4 Å². The molecule has 3 nitrogen and oxygen atoms in total. The van der Waals surface area contributed by atoms with Gasteiger partial charge in [0.25, 0.3) is 0 Å². The molecule has 1 amide bonds. The van der Waals surface area contributed by atoms with Crippen LogP contribution < -0.4 is 10.6 Å². The molecule has 0 atom stereocenters. The Balaban J connectivity index is 1.78. The van der Waals surface area contributed by atoms with Crippen molar-refractivity contribution in [2.45, 2.75) is 39.7 Å². The fraction of sp³-hybridized carbons (Fsp3) is 0.350. The van der Waals surface area contributed by atoms with Gasteiger partial charge < -0.3 is 10.6 Å². The van der Waals surface area contributed by atoms with Crippen LogP contribution in [0.5, 0.6) is 0 Å². The first-order valence-corrected chi connectivity index (χ1v) is 8.22. The lowest BCUT2D eigenvalue weighted by Crippen LogP contribution is -2.25. The Hall–Kier alpha value is -2.29. The number of aryl methyl sites for hydroxylation is 1. The summed E-state index contributed by atoms with van der Waals surface area (Å²) in [4.78, 5) is 12.0. The predicted molar refractivity (Wildman–Crippen MR) is 96.7 cm³/mol. The van der Waals surface area contributed by atoms with Gasteiger partial charge in [-0.15, -0.1) is 0 Å². The maximum atomic E-state index is 12.0. The Labute approximate surface area is 139 Å². The van der Waals surface area contributed by atoms with Crippen molar-refractivity contribution in [1.29, 1.82) is 0 Å². The molecule has 0 aliphatic heterocycles. The lowest BCUT2D eigenvalue weighted by atomic mass is 10.0. The van der Waals surface area contributed by atoms with Gasteiger partial charge in [-0.1, -0.05) is 56.3 Å². The zero-order chi connectivity index (χ0) is 16.7. The first-order chi connectivity index (χ1) is 11.1. The van der Waals surface area contributed by atoms with Gasteiger partial charge in [-0.25, -0.2) is 0 Å². The van der Waals surface area contributed by atoms with Gasteiger partial charge in [-0.05, 0) is 35.6 Å². The molecule has 0 aliphatic rings. The summed E-state index contributed by atoms with van der Waals surface area (Å²) < 4.78 is 0. The highest BCUT2D eigenvalue weighted by molar-refractivity contribution is 5.76. The van der Waals surface area contributed by atoms with Gasteiger partial charge in [-0.3, -0.25) is 4.79 Å². The minimum Gasteiger partial charge on any atom is -0.384 e. The van der Waals surface area contributed by atoms with E-state index in [1.165, 1.54) is 16.7 Å². The second kappa shape index (κ2) is 8.37. The molecule has 2 aromatic rings. The molecule has 2 rings (SSSR count). The summed E-state index contributed by atoms with van der Waals surface area (Å²) in [7, 11) is 0. The van der Waals surface area contributed by atoms with Crippen molar-refractivity contribution in [1.82, 2.24) is 5.32 Å². The topological polar surface area (TPSA) is 41.1 Å². The second-order valence-corrected chi connectivity index (χ2v) is 6.12. The van der Waals surface area contributed by atoms with Crippen LogP contribution in [0.4, 0.5) is 5.69 Å². The summed E-state index contributed by atoms with van der Waals surface area (Å²) in [5.41, 5.74) is 4.78. The fourth-order valence-corrected chi connectivity index (χ4v) is 2.56. The zero-order valence-corrected chi connectivity index (χ0v) is 14.2. The minimum atomic E-state index is 0.0720. The van der Waals surface area contributed by atoms with E-state index < -0.39 is 0 Å². The molecule has 122 valence electrons. The molecule has 2 aromatic carbocycles. The Morgan fingerprint density at radius 3 is 2.48 bits per heavy atom. The van der Waals surface area contributed by atoms with E-state index in [2.05, 4.69) is 55.7 Å². The molecule has 0 spiro atoms. The number of nitrogens with one attached hydrogen (secondary N) is 2. The number of hydrogen-bond donors (Lipinski definition) is 2.